The average molecular weight is 448 g/mol. The Hall–Kier alpha value is -1.34. The van der Waals surface area contributed by atoms with Gasteiger partial charge < -0.3 is 5.32 Å². The van der Waals surface area contributed by atoms with Crippen LogP contribution in [-0.4, -0.2) is 26.8 Å². The lowest BCUT2D eigenvalue weighted by molar-refractivity contribution is -0.120. The fraction of sp³-hybridized carbons (Fsp3) is 0.696. The van der Waals surface area contributed by atoms with Gasteiger partial charge in [-0.05, 0) is 63.4 Å². The molecule has 1 N–H and O–H groups in total. The molecule has 4 rings (SSSR count). The molecule has 1 fully saturated rings. The molecule has 2 aliphatic carbocycles. The van der Waals surface area contributed by atoms with Crippen molar-refractivity contribution in [3.8, 4) is 0 Å². The van der Waals surface area contributed by atoms with E-state index >= 15 is 0 Å². The van der Waals surface area contributed by atoms with Gasteiger partial charge in [0.05, 0.1) is 10.6 Å². The topological polar surface area (TPSA) is 64.0 Å². The summed E-state index contributed by atoms with van der Waals surface area (Å²) in [7, 11) is 0. The van der Waals surface area contributed by atoms with E-state index in [1.54, 1.807) is 11.3 Å². The van der Waals surface area contributed by atoms with Gasteiger partial charge in [0.1, 0.15) is 4.83 Å². The highest BCUT2D eigenvalue weighted by Crippen LogP contribution is 2.35. The van der Waals surface area contributed by atoms with Crippen molar-refractivity contribution in [1.82, 2.24) is 14.9 Å². The number of aromatic nitrogens is 2. The van der Waals surface area contributed by atoms with E-state index in [9.17, 15) is 9.59 Å². The van der Waals surface area contributed by atoms with E-state index in [2.05, 4.69) is 19.2 Å². The summed E-state index contributed by atoms with van der Waals surface area (Å²) in [5.74, 6) is 0.562. The van der Waals surface area contributed by atoms with Gasteiger partial charge in [0.15, 0.2) is 5.16 Å². The van der Waals surface area contributed by atoms with Crippen molar-refractivity contribution in [2.24, 2.45) is 5.92 Å². The van der Waals surface area contributed by atoms with Crippen molar-refractivity contribution < 1.29 is 4.79 Å². The Morgan fingerprint density at radius 1 is 1.20 bits per heavy atom. The van der Waals surface area contributed by atoms with Crippen LogP contribution >= 0.6 is 23.1 Å². The minimum absolute atomic E-state index is 0.0575. The number of rotatable bonds is 7. The van der Waals surface area contributed by atoms with Crippen LogP contribution in [0.15, 0.2) is 9.95 Å². The van der Waals surface area contributed by atoms with Crippen molar-refractivity contribution in [1.29, 1.82) is 0 Å². The highest BCUT2D eigenvalue weighted by atomic mass is 32.2. The van der Waals surface area contributed by atoms with Crippen LogP contribution < -0.4 is 10.9 Å². The van der Waals surface area contributed by atoms with Gasteiger partial charge in [0.2, 0.25) is 5.91 Å². The van der Waals surface area contributed by atoms with Gasteiger partial charge in [-0.1, -0.05) is 38.5 Å². The number of aryl methyl sites for hydroxylation is 2. The summed E-state index contributed by atoms with van der Waals surface area (Å²) in [4.78, 5) is 33.4. The van der Waals surface area contributed by atoms with Gasteiger partial charge in [0.25, 0.3) is 5.56 Å². The summed E-state index contributed by atoms with van der Waals surface area (Å²) in [6.45, 7) is 6.93. The zero-order valence-electron chi connectivity index (χ0n) is 18.3. The van der Waals surface area contributed by atoms with Gasteiger partial charge in [-0.15, -0.1) is 11.3 Å². The first kappa shape index (κ1) is 21.9. The van der Waals surface area contributed by atoms with Crippen molar-refractivity contribution in [3.63, 3.8) is 0 Å². The minimum Gasteiger partial charge on any atom is -0.352 e. The molecule has 7 heteroatoms. The lowest BCUT2D eigenvalue weighted by Gasteiger charge is -2.18. The Morgan fingerprint density at radius 3 is 2.67 bits per heavy atom. The van der Waals surface area contributed by atoms with Crippen molar-refractivity contribution >= 4 is 39.2 Å². The highest BCUT2D eigenvalue weighted by Gasteiger charge is 2.26. The number of nitrogens with one attached hydrogen (secondary N) is 1. The van der Waals surface area contributed by atoms with E-state index in [-0.39, 0.29) is 16.7 Å². The van der Waals surface area contributed by atoms with E-state index in [1.165, 1.54) is 41.5 Å². The van der Waals surface area contributed by atoms with Crippen molar-refractivity contribution in [2.75, 3.05) is 0 Å². The molecular formula is C23H33N3O2S2. The Morgan fingerprint density at radius 2 is 1.93 bits per heavy atom. The summed E-state index contributed by atoms with van der Waals surface area (Å²) in [6, 6.07) is 0.308. The van der Waals surface area contributed by atoms with Gasteiger partial charge in [0, 0.05) is 17.5 Å². The zero-order valence-corrected chi connectivity index (χ0v) is 20.0. The molecule has 1 unspecified atom stereocenters. The Balaban J connectivity index is 1.65. The predicted octanol–water partition coefficient (Wildman–Crippen LogP) is 4.92. The number of thioether (sulfide) groups is 1. The Labute approximate surface area is 187 Å². The molecule has 1 saturated carbocycles. The molecule has 0 radical (unpaired) electrons. The molecular weight excluding hydrogens is 414 g/mol. The molecule has 1 amide bonds. The average Bonchev–Trinajstić information content (AvgIpc) is 3.34. The third-order valence-electron chi connectivity index (χ3n) is 6.32. The lowest BCUT2D eigenvalue weighted by Crippen LogP contribution is -2.38. The SMILES string of the molecule is CC(C)CCn1c(SC(C)C(=O)NC2CCCC2)nc2sc3c(c2c1=O)CCCC3. The van der Waals surface area contributed by atoms with Crippen LogP contribution in [0.1, 0.15) is 76.2 Å². The van der Waals surface area contributed by atoms with Gasteiger partial charge in [-0.2, -0.15) is 0 Å². The quantitative estimate of drug-likeness (QED) is 0.483. The smallest absolute Gasteiger partial charge is 0.263 e. The molecule has 2 heterocycles. The maximum absolute atomic E-state index is 13.5. The van der Waals surface area contributed by atoms with Crippen LogP contribution in [0.25, 0.3) is 10.2 Å². The molecule has 2 aromatic heterocycles. The van der Waals surface area contributed by atoms with Gasteiger partial charge >= 0.3 is 0 Å². The third kappa shape index (κ3) is 4.62. The maximum atomic E-state index is 13.5. The normalized spacial score (nSPS) is 18.1. The maximum Gasteiger partial charge on any atom is 0.263 e. The molecule has 0 aromatic carbocycles. The minimum atomic E-state index is -0.269. The second-order valence-corrected chi connectivity index (χ2v) is 11.6. The summed E-state index contributed by atoms with van der Waals surface area (Å²) < 4.78 is 1.84. The number of amides is 1. The lowest BCUT2D eigenvalue weighted by atomic mass is 9.97. The predicted molar refractivity (Wildman–Crippen MR) is 126 cm³/mol. The standard InChI is InChI=1S/C23H33N3O2S2/c1-14(2)12-13-26-22(28)19-17-10-6-7-11-18(17)30-21(19)25-23(26)29-15(3)20(27)24-16-8-4-5-9-16/h14-16H,4-13H2,1-3H3,(H,24,27). The molecule has 2 aliphatic rings. The molecule has 2 aromatic rings. The van der Waals surface area contributed by atoms with Crippen molar-refractivity contribution in [3.05, 3.63) is 20.8 Å². The number of fused-ring (bicyclic) bond motifs is 3. The van der Waals surface area contributed by atoms with Gasteiger partial charge in [-0.3, -0.25) is 14.2 Å². The fourth-order valence-electron chi connectivity index (χ4n) is 4.49. The summed E-state index contributed by atoms with van der Waals surface area (Å²) in [5.41, 5.74) is 1.33. The zero-order chi connectivity index (χ0) is 21.3. The first-order valence-electron chi connectivity index (χ1n) is 11.5. The van der Waals surface area contributed by atoms with E-state index in [4.69, 9.17) is 4.98 Å². The highest BCUT2D eigenvalue weighted by molar-refractivity contribution is 8.00. The monoisotopic (exact) mass is 447 g/mol. The molecule has 164 valence electrons. The number of thiophene rings is 1. The fourth-order valence-corrected chi connectivity index (χ4v) is 6.74. The number of carbonyl (C=O) groups excluding carboxylic acids is 1. The number of carbonyl (C=O) groups is 1. The summed E-state index contributed by atoms with van der Waals surface area (Å²) in [6.07, 6.45) is 9.87. The van der Waals surface area contributed by atoms with Crippen molar-refractivity contribution in [2.45, 2.75) is 102 Å². The Kier molecular flexibility index (Phi) is 6.88. The number of nitrogens with zero attached hydrogens (tertiary/aromatic N) is 2. The molecule has 0 saturated heterocycles. The van der Waals surface area contributed by atoms with Crippen LogP contribution in [0.2, 0.25) is 0 Å². The molecule has 1 atom stereocenters. The van der Waals surface area contributed by atoms with E-state index in [1.807, 2.05) is 11.5 Å². The molecule has 0 spiro atoms. The van der Waals surface area contributed by atoms with Crippen LogP contribution in [0.4, 0.5) is 0 Å². The Bertz CT molecular complexity index is 973. The molecule has 0 aliphatic heterocycles. The number of hydrogen-bond donors (Lipinski definition) is 1. The van der Waals surface area contributed by atoms with Crippen LogP contribution in [0.5, 0.6) is 0 Å². The second kappa shape index (κ2) is 9.43. The van der Waals surface area contributed by atoms with Crippen LogP contribution in [-0.2, 0) is 24.2 Å². The first-order valence-corrected chi connectivity index (χ1v) is 13.2. The third-order valence-corrected chi connectivity index (χ3v) is 8.60. The first-order chi connectivity index (χ1) is 14.4. The molecule has 5 nitrogen and oxygen atoms in total. The number of hydrogen-bond acceptors (Lipinski definition) is 5. The van der Waals surface area contributed by atoms with Crippen LogP contribution in [0.3, 0.4) is 0 Å². The summed E-state index contributed by atoms with van der Waals surface area (Å²) in [5, 5.41) is 4.45. The largest absolute Gasteiger partial charge is 0.352 e. The summed E-state index contributed by atoms with van der Waals surface area (Å²) >= 11 is 3.12. The van der Waals surface area contributed by atoms with E-state index in [0.717, 1.165) is 48.7 Å². The molecule has 30 heavy (non-hydrogen) atoms. The van der Waals surface area contributed by atoms with E-state index in [0.29, 0.717) is 23.7 Å². The van der Waals surface area contributed by atoms with E-state index < -0.39 is 0 Å². The molecule has 0 bridgehead atoms. The second-order valence-electron chi connectivity index (χ2n) is 9.17. The van der Waals surface area contributed by atoms with Gasteiger partial charge in [-0.25, -0.2) is 4.98 Å². The van der Waals surface area contributed by atoms with Crippen LogP contribution in [0, 0.1) is 5.92 Å².